The number of carbonyl (C=O) groups excluding carboxylic acids is 1. The first-order valence-corrected chi connectivity index (χ1v) is 9.27. The Labute approximate surface area is 153 Å². The number of fused-ring (bicyclic) bond motifs is 2. The molecule has 2 saturated heterocycles. The Kier molecular flexibility index (Phi) is 5.09. The first kappa shape index (κ1) is 18.2. The smallest absolute Gasteiger partial charge is 0.410 e. The van der Waals surface area contributed by atoms with Gasteiger partial charge in [-0.25, -0.2) is 14.8 Å². The summed E-state index contributed by atoms with van der Waals surface area (Å²) in [6.07, 6.45) is 5.92. The summed E-state index contributed by atoms with van der Waals surface area (Å²) in [6, 6.07) is 0.315. The van der Waals surface area contributed by atoms with Gasteiger partial charge in [0.25, 0.3) is 0 Å². The van der Waals surface area contributed by atoms with Gasteiger partial charge in [-0.1, -0.05) is 11.6 Å². The minimum atomic E-state index is -0.479. The SMILES string of the molecule is Cc1c(Cl)ncnc1OC1CC2CCCC(C1)N2C(=O)OC(C)(C)C. The maximum absolute atomic E-state index is 12.6. The van der Waals surface area contributed by atoms with Crippen LogP contribution in [0, 0.1) is 6.92 Å². The molecule has 3 rings (SSSR count). The van der Waals surface area contributed by atoms with Gasteiger partial charge in [0.1, 0.15) is 23.2 Å². The molecule has 0 aromatic carbocycles. The molecule has 2 aliphatic heterocycles. The number of halogens is 1. The van der Waals surface area contributed by atoms with Gasteiger partial charge < -0.3 is 14.4 Å². The van der Waals surface area contributed by atoms with Crippen LogP contribution in [0.25, 0.3) is 0 Å². The lowest BCUT2D eigenvalue weighted by Crippen LogP contribution is -2.57. The lowest BCUT2D eigenvalue weighted by atomic mass is 9.83. The molecule has 0 aliphatic carbocycles. The number of nitrogens with zero attached hydrogens (tertiary/aromatic N) is 3. The summed E-state index contributed by atoms with van der Waals surface area (Å²) in [5.41, 5.74) is 0.275. The number of rotatable bonds is 2. The van der Waals surface area contributed by atoms with E-state index in [2.05, 4.69) is 9.97 Å². The molecule has 6 nitrogen and oxygen atoms in total. The average Bonchev–Trinajstić information content (AvgIpc) is 2.49. The van der Waals surface area contributed by atoms with E-state index in [1.807, 2.05) is 32.6 Å². The normalized spacial score (nSPS) is 26.3. The van der Waals surface area contributed by atoms with Gasteiger partial charge in [0.2, 0.25) is 5.88 Å². The highest BCUT2D eigenvalue weighted by Crippen LogP contribution is 2.37. The third-order valence-corrected chi connectivity index (χ3v) is 5.17. The maximum atomic E-state index is 12.6. The van der Waals surface area contributed by atoms with Crippen molar-refractivity contribution in [1.29, 1.82) is 0 Å². The average molecular weight is 368 g/mol. The second-order valence-electron chi connectivity index (χ2n) is 7.93. The first-order valence-electron chi connectivity index (χ1n) is 8.89. The van der Waals surface area contributed by atoms with E-state index >= 15 is 0 Å². The van der Waals surface area contributed by atoms with Crippen LogP contribution in [0.15, 0.2) is 6.33 Å². The number of piperidine rings is 2. The van der Waals surface area contributed by atoms with Gasteiger partial charge in [0.15, 0.2) is 0 Å². The zero-order valence-corrected chi connectivity index (χ0v) is 16.0. The van der Waals surface area contributed by atoms with E-state index in [4.69, 9.17) is 21.1 Å². The molecule has 0 saturated carbocycles. The van der Waals surface area contributed by atoms with Crippen LogP contribution in [0.5, 0.6) is 5.88 Å². The van der Waals surface area contributed by atoms with Crippen molar-refractivity contribution in [3.8, 4) is 5.88 Å². The highest BCUT2D eigenvalue weighted by molar-refractivity contribution is 6.30. The van der Waals surface area contributed by atoms with Crippen molar-refractivity contribution >= 4 is 17.7 Å². The third-order valence-electron chi connectivity index (χ3n) is 4.79. The Morgan fingerprint density at radius 1 is 1.24 bits per heavy atom. The van der Waals surface area contributed by atoms with E-state index < -0.39 is 5.60 Å². The Morgan fingerprint density at radius 3 is 2.48 bits per heavy atom. The van der Waals surface area contributed by atoms with E-state index in [1.54, 1.807) is 0 Å². The fraction of sp³-hybridized carbons (Fsp3) is 0.722. The van der Waals surface area contributed by atoms with Crippen molar-refractivity contribution in [2.75, 3.05) is 0 Å². The number of hydrogen-bond donors (Lipinski definition) is 0. The third kappa shape index (κ3) is 4.17. The Hall–Kier alpha value is -1.56. The highest BCUT2D eigenvalue weighted by Gasteiger charge is 2.43. The molecule has 0 N–H and O–H groups in total. The molecule has 0 spiro atoms. The molecule has 1 aromatic rings. The van der Waals surface area contributed by atoms with Crippen molar-refractivity contribution in [2.24, 2.45) is 0 Å². The quantitative estimate of drug-likeness (QED) is 0.735. The van der Waals surface area contributed by atoms with E-state index in [1.165, 1.54) is 6.33 Å². The van der Waals surface area contributed by atoms with E-state index in [0.29, 0.717) is 11.0 Å². The zero-order chi connectivity index (χ0) is 18.2. The topological polar surface area (TPSA) is 64.6 Å². The predicted octanol–water partition coefficient (Wildman–Crippen LogP) is 4.14. The van der Waals surface area contributed by atoms with Gasteiger partial charge >= 0.3 is 6.09 Å². The lowest BCUT2D eigenvalue weighted by molar-refractivity contribution is -0.0413. The molecule has 3 heterocycles. The number of hydrogen-bond acceptors (Lipinski definition) is 5. The molecule has 138 valence electrons. The number of carbonyl (C=O) groups is 1. The summed E-state index contributed by atoms with van der Waals surface area (Å²) in [7, 11) is 0. The molecule has 2 atom stereocenters. The Bertz CT molecular complexity index is 633. The van der Waals surface area contributed by atoms with Crippen LogP contribution < -0.4 is 4.74 Å². The van der Waals surface area contributed by atoms with Crippen LogP contribution >= 0.6 is 11.6 Å². The van der Waals surface area contributed by atoms with Gasteiger partial charge in [0, 0.05) is 30.5 Å². The molecular formula is C18H26ClN3O3. The molecule has 2 unspecified atom stereocenters. The second-order valence-corrected chi connectivity index (χ2v) is 8.29. The van der Waals surface area contributed by atoms with Crippen LogP contribution in [0.1, 0.15) is 58.4 Å². The van der Waals surface area contributed by atoms with Gasteiger partial charge in [-0.05, 0) is 47.0 Å². The Balaban J connectivity index is 1.71. The first-order chi connectivity index (χ1) is 11.7. The van der Waals surface area contributed by atoms with Crippen LogP contribution in [0.3, 0.4) is 0 Å². The molecule has 2 bridgehead atoms. The lowest BCUT2D eigenvalue weighted by Gasteiger charge is -2.48. The summed E-state index contributed by atoms with van der Waals surface area (Å²) in [5.74, 6) is 0.536. The second kappa shape index (κ2) is 6.98. The molecule has 7 heteroatoms. The molecule has 2 fully saturated rings. The summed E-state index contributed by atoms with van der Waals surface area (Å²) in [4.78, 5) is 22.7. The summed E-state index contributed by atoms with van der Waals surface area (Å²) in [5, 5.41) is 0.413. The largest absolute Gasteiger partial charge is 0.474 e. The van der Waals surface area contributed by atoms with Crippen molar-refractivity contribution in [3.05, 3.63) is 17.0 Å². The van der Waals surface area contributed by atoms with Gasteiger partial charge in [0.05, 0.1) is 0 Å². The van der Waals surface area contributed by atoms with Crippen LogP contribution in [0.2, 0.25) is 5.15 Å². The summed E-state index contributed by atoms with van der Waals surface area (Å²) in [6.45, 7) is 7.56. The van der Waals surface area contributed by atoms with Crippen molar-refractivity contribution in [3.63, 3.8) is 0 Å². The van der Waals surface area contributed by atoms with Gasteiger partial charge in [-0.3, -0.25) is 0 Å². The molecular weight excluding hydrogens is 342 g/mol. The number of amides is 1. The van der Waals surface area contributed by atoms with Crippen LogP contribution in [0.4, 0.5) is 4.79 Å². The van der Waals surface area contributed by atoms with Crippen molar-refractivity contribution < 1.29 is 14.3 Å². The minimum Gasteiger partial charge on any atom is -0.474 e. The monoisotopic (exact) mass is 367 g/mol. The predicted molar refractivity (Wildman–Crippen MR) is 94.9 cm³/mol. The maximum Gasteiger partial charge on any atom is 0.410 e. The molecule has 2 aliphatic rings. The summed E-state index contributed by atoms with van der Waals surface area (Å²) >= 11 is 6.05. The number of ether oxygens (including phenoxy) is 2. The molecule has 1 amide bonds. The fourth-order valence-corrected chi connectivity index (χ4v) is 3.86. The molecule has 25 heavy (non-hydrogen) atoms. The highest BCUT2D eigenvalue weighted by atomic mass is 35.5. The standard InChI is InChI=1S/C18H26ClN3O3/c1-11-15(19)20-10-21-16(11)24-14-8-12-6-5-7-13(9-14)22(12)17(23)25-18(2,3)4/h10,12-14H,5-9H2,1-4H3. The van der Waals surface area contributed by atoms with Crippen LogP contribution in [-0.2, 0) is 4.74 Å². The van der Waals surface area contributed by atoms with E-state index in [-0.39, 0.29) is 24.3 Å². The molecule has 0 radical (unpaired) electrons. The van der Waals surface area contributed by atoms with Crippen LogP contribution in [-0.4, -0.2) is 44.7 Å². The summed E-state index contributed by atoms with van der Waals surface area (Å²) < 4.78 is 11.7. The van der Waals surface area contributed by atoms with Crippen molar-refractivity contribution in [1.82, 2.24) is 14.9 Å². The zero-order valence-electron chi connectivity index (χ0n) is 15.3. The van der Waals surface area contributed by atoms with Gasteiger partial charge in [-0.15, -0.1) is 0 Å². The van der Waals surface area contributed by atoms with Gasteiger partial charge in [-0.2, -0.15) is 0 Å². The molecule has 1 aromatic heterocycles. The minimum absolute atomic E-state index is 0.0265. The Morgan fingerprint density at radius 2 is 1.88 bits per heavy atom. The van der Waals surface area contributed by atoms with E-state index in [0.717, 1.165) is 37.7 Å². The van der Waals surface area contributed by atoms with E-state index in [9.17, 15) is 4.79 Å². The fourth-order valence-electron chi connectivity index (χ4n) is 3.73. The van der Waals surface area contributed by atoms with Crippen molar-refractivity contribution in [2.45, 2.75) is 83.6 Å². The number of aromatic nitrogens is 2.